The number of hydrogen-bond donors (Lipinski definition) is 1. The number of nitrogens with one attached hydrogen (secondary N) is 1. The van der Waals surface area contributed by atoms with Crippen molar-refractivity contribution < 1.29 is 14.3 Å². The van der Waals surface area contributed by atoms with Gasteiger partial charge in [0.25, 0.3) is 0 Å². The van der Waals surface area contributed by atoms with E-state index in [0.717, 1.165) is 39.4 Å². The van der Waals surface area contributed by atoms with Gasteiger partial charge in [0, 0.05) is 32.2 Å². The second kappa shape index (κ2) is 7.60. The highest BCUT2D eigenvalue weighted by Gasteiger charge is 2.11. The molecular formula is C11H22N2O3. The van der Waals surface area contributed by atoms with Crippen LogP contribution in [0.3, 0.4) is 0 Å². The van der Waals surface area contributed by atoms with E-state index in [0.29, 0.717) is 6.42 Å². The van der Waals surface area contributed by atoms with Crippen molar-refractivity contribution in [3.63, 3.8) is 0 Å². The average molecular weight is 230 g/mol. The standard InChI is InChI=1S/C11H22N2O3/c1-10(9-11(14)15-2)12-3-4-13-5-7-16-8-6-13/h10,12H,3-9H2,1-2H3/t10-/m1/s1. The second-order valence-electron chi connectivity index (χ2n) is 4.09. The first-order valence-corrected chi connectivity index (χ1v) is 5.82. The average Bonchev–Trinajstić information content (AvgIpc) is 2.30. The SMILES string of the molecule is COC(=O)C[C@@H](C)NCCN1CCOCC1. The summed E-state index contributed by atoms with van der Waals surface area (Å²) in [6.07, 6.45) is 0.430. The summed E-state index contributed by atoms with van der Waals surface area (Å²) in [5.74, 6) is -0.161. The van der Waals surface area contributed by atoms with Crippen molar-refractivity contribution >= 4 is 5.97 Å². The number of ether oxygens (including phenoxy) is 2. The van der Waals surface area contributed by atoms with Crippen LogP contribution in [0.25, 0.3) is 0 Å². The zero-order chi connectivity index (χ0) is 11.8. The van der Waals surface area contributed by atoms with Crippen molar-refractivity contribution in [2.75, 3.05) is 46.5 Å². The molecule has 1 rings (SSSR count). The van der Waals surface area contributed by atoms with Crippen LogP contribution < -0.4 is 5.32 Å². The van der Waals surface area contributed by atoms with Crippen molar-refractivity contribution in [2.24, 2.45) is 0 Å². The number of rotatable bonds is 6. The third-order valence-corrected chi connectivity index (χ3v) is 2.73. The Hall–Kier alpha value is -0.650. The van der Waals surface area contributed by atoms with Gasteiger partial charge in [0.1, 0.15) is 0 Å². The Morgan fingerprint density at radius 2 is 2.19 bits per heavy atom. The van der Waals surface area contributed by atoms with Gasteiger partial charge in [-0.05, 0) is 6.92 Å². The summed E-state index contributed by atoms with van der Waals surface area (Å²) in [5, 5.41) is 3.31. The van der Waals surface area contributed by atoms with Gasteiger partial charge in [-0.3, -0.25) is 9.69 Å². The predicted octanol–water partition coefficient (Wildman–Crippen LogP) is -0.140. The molecule has 1 aliphatic heterocycles. The highest BCUT2D eigenvalue weighted by atomic mass is 16.5. The smallest absolute Gasteiger partial charge is 0.307 e. The fraction of sp³-hybridized carbons (Fsp3) is 0.909. The minimum absolute atomic E-state index is 0.161. The number of nitrogens with zero attached hydrogens (tertiary/aromatic N) is 1. The molecule has 1 aliphatic rings. The minimum atomic E-state index is -0.161. The van der Waals surface area contributed by atoms with E-state index in [1.54, 1.807) is 0 Å². The Morgan fingerprint density at radius 3 is 2.81 bits per heavy atom. The summed E-state index contributed by atoms with van der Waals surface area (Å²) in [5.41, 5.74) is 0. The van der Waals surface area contributed by atoms with E-state index in [2.05, 4.69) is 15.0 Å². The number of esters is 1. The molecule has 1 heterocycles. The molecule has 0 unspecified atom stereocenters. The summed E-state index contributed by atoms with van der Waals surface area (Å²) in [6, 6.07) is 0.175. The van der Waals surface area contributed by atoms with Crippen LogP contribution in [-0.2, 0) is 14.3 Å². The molecule has 1 saturated heterocycles. The fourth-order valence-corrected chi connectivity index (χ4v) is 1.70. The third-order valence-electron chi connectivity index (χ3n) is 2.73. The lowest BCUT2D eigenvalue weighted by atomic mass is 10.2. The van der Waals surface area contributed by atoms with Gasteiger partial charge >= 0.3 is 5.97 Å². The van der Waals surface area contributed by atoms with Crippen molar-refractivity contribution in [3.8, 4) is 0 Å². The summed E-state index contributed by atoms with van der Waals surface area (Å²) >= 11 is 0. The normalized spacial score (nSPS) is 19.4. The van der Waals surface area contributed by atoms with Gasteiger partial charge in [-0.15, -0.1) is 0 Å². The van der Waals surface area contributed by atoms with E-state index in [1.165, 1.54) is 7.11 Å². The maximum absolute atomic E-state index is 11.0. The molecule has 0 aliphatic carbocycles. The van der Waals surface area contributed by atoms with E-state index >= 15 is 0 Å². The highest BCUT2D eigenvalue weighted by molar-refractivity contribution is 5.69. The van der Waals surface area contributed by atoms with Crippen LogP contribution in [0.1, 0.15) is 13.3 Å². The molecule has 0 aromatic heterocycles. The molecule has 0 spiro atoms. The van der Waals surface area contributed by atoms with Gasteiger partial charge in [0.05, 0.1) is 26.7 Å². The number of morpholine rings is 1. The van der Waals surface area contributed by atoms with E-state index in [9.17, 15) is 4.79 Å². The third kappa shape index (κ3) is 5.44. The van der Waals surface area contributed by atoms with Crippen molar-refractivity contribution in [2.45, 2.75) is 19.4 Å². The maximum atomic E-state index is 11.0. The number of hydrogen-bond acceptors (Lipinski definition) is 5. The van der Waals surface area contributed by atoms with Gasteiger partial charge < -0.3 is 14.8 Å². The molecule has 1 atom stereocenters. The lowest BCUT2D eigenvalue weighted by molar-refractivity contribution is -0.141. The molecule has 0 aromatic carbocycles. The first-order chi connectivity index (χ1) is 7.72. The van der Waals surface area contributed by atoms with E-state index in [4.69, 9.17) is 4.74 Å². The van der Waals surface area contributed by atoms with E-state index < -0.39 is 0 Å². The van der Waals surface area contributed by atoms with Crippen LogP contribution in [0.2, 0.25) is 0 Å². The van der Waals surface area contributed by atoms with Gasteiger partial charge in [0.2, 0.25) is 0 Å². The maximum Gasteiger partial charge on any atom is 0.307 e. The largest absolute Gasteiger partial charge is 0.469 e. The van der Waals surface area contributed by atoms with Crippen LogP contribution >= 0.6 is 0 Å². The summed E-state index contributed by atoms with van der Waals surface area (Å²) in [4.78, 5) is 13.4. The van der Waals surface area contributed by atoms with Gasteiger partial charge in [-0.2, -0.15) is 0 Å². The monoisotopic (exact) mass is 230 g/mol. The molecule has 5 heteroatoms. The molecule has 16 heavy (non-hydrogen) atoms. The van der Waals surface area contributed by atoms with Crippen molar-refractivity contribution in [3.05, 3.63) is 0 Å². The molecule has 0 radical (unpaired) electrons. The summed E-state index contributed by atoms with van der Waals surface area (Å²) in [7, 11) is 1.42. The van der Waals surface area contributed by atoms with Crippen LogP contribution in [0.5, 0.6) is 0 Å². The highest BCUT2D eigenvalue weighted by Crippen LogP contribution is 1.96. The van der Waals surface area contributed by atoms with Crippen molar-refractivity contribution in [1.82, 2.24) is 10.2 Å². The Labute approximate surface area is 97.1 Å². The zero-order valence-electron chi connectivity index (χ0n) is 10.2. The lowest BCUT2D eigenvalue weighted by Crippen LogP contribution is -2.42. The zero-order valence-corrected chi connectivity index (χ0v) is 10.2. The number of carbonyl (C=O) groups excluding carboxylic acids is 1. The molecule has 94 valence electrons. The van der Waals surface area contributed by atoms with Crippen LogP contribution in [-0.4, -0.2) is 63.4 Å². The predicted molar refractivity (Wildman–Crippen MR) is 61.4 cm³/mol. The topological polar surface area (TPSA) is 50.8 Å². The number of carbonyl (C=O) groups is 1. The lowest BCUT2D eigenvalue weighted by Gasteiger charge is -2.27. The molecular weight excluding hydrogens is 208 g/mol. The number of methoxy groups -OCH3 is 1. The first-order valence-electron chi connectivity index (χ1n) is 5.82. The molecule has 1 N–H and O–H groups in total. The van der Waals surface area contributed by atoms with Gasteiger partial charge in [-0.1, -0.05) is 0 Å². The quantitative estimate of drug-likeness (QED) is 0.644. The molecule has 0 bridgehead atoms. The summed E-state index contributed by atoms with van der Waals surface area (Å²) in [6.45, 7) is 7.58. The van der Waals surface area contributed by atoms with Crippen LogP contribution in [0.15, 0.2) is 0 Å². The fourth-order valence-electron chi connectivity index (χ4n) is 1.70. The Balaban J connectivity index is 2.03. The van der Waals surface area contributed by atoms with E-state index in [-0.39, 0.29) is 12.0 Å². The van der Waals surface area contributed by atoms with E-state index in [1.807, 2.05) is 6.92 Å². The van der Waals surface area contributed by atoms with Gasteiger partial charge in [0.15, 0.2) is 0 Å². The molecule has 0 amide bonds. The first kappa shape index (κ1) is 13.4. The second-order valence-corrected chi connectivity index (χ2v) is 4.09. The summed E-state index contributed by atoms with van der Waals surface area (Å²) < 4.78 is 9.88. The molecule has 5 nitrogen and oxygen atoms in total. The molecule has 1 fully saturated rings. The molecule has 0 aromatic rings. The van der Waals surface area contributed by atoms with Gasteiger partial charge in [-0.25, -0.2) is 0 Å². The Morgan fingerprint density at radius 1 is 1.50 bits per heavy atom. The van der Waals surface area contributed by atoms with Crippen molar-refractivity contribution in [1.29, 1.82) is 0 Å². The van der Waals surface area contributed by atoms with Crippen LogP contribution in [0, 0.1) is 0 Å². The van der Waals surface area contributed by atoms with Crippen LogP contribution in [0.4, 0.5) is 0 Å². The Kier molecular flexibility index (Phi) is 6.37. The Bertz CT molecular complexity index is 205. The minimum Gasteiger partial charge on any atom is -0.469 e. The molecule has 0 saturated carbocycles.